The van der Waals surface area contributed by atoms with Crippen molar-refractivity contribution in [2.24, 2.45) is 0 Å². The first kappa shape index (κ1) is 14.8. The first-order chi connectivity index (χ1) is 11.8. The van der Waals surface area contributed by atoms with Crippen molar-refractivity contribution in [3.05, 3.63) is 47.7 Å². The van der Waals surface area contributed by atoms with Gasteiger partial charge in [0.15, 0.2) is 11.5 Å². The summed E-state index contributed by atoms with van der Waals surface area (Å²) in [4.78, 5) is 23.3. The number of nitrogens with zero attached hydrogens (tertiary/aromatic N) is 4. The van der Waals surface area contributed by atoms with Crippen molar-refractivity contribution >= 4 is 17.2 Å². The van der Waals surface area contributed by atoms with E-state index in [-0.39, 0.29) is 12.0 Å². The topological polar surface area (TPSA) is 81.4 Å². The number of carbonyl (C=O) groups is 1. The van der Waals surface area contributed by atoms with Crippen molar-refractivity contribution in [1.29, 1.82) is 0 Å². The van der Waals surface area contributed by atoms with Gasteiger partial charge in [0.1, 0.15) is 6.10 Å². The summed E-state index contributed by atoms with van der Waals surface area (Å²) < 4.78 is 11.0. The standard InChI is InChI=1S/C16H14N4O3S/c21-15(12-9-13(23-19-12)14-3-1-8-24-14)20-7-4-11(10-20)22-16-17-5-2-6-18-16/h1-3,5-6,8-9,11H,4,7,10H2/t11-/m0/s1. The van der Waals surface area contributed by atoms with Crippen LogP contribution >= 0.6 is 11.3 Å². The summed E-state index contributed by atoms with van der Waals surface area (Å²) in [5.41, 5.74) is 0.315. The minimum atomic E-state index is -0.151. The highest BCUT2D eigenvalue weighted by Crippen LogP contribution is 2.26. The molecular formula is C16H14N4O3S. The van der Waals surface area contributed by atoms with Gasteiger partial charge in [-0.1, -0.05) is 11.2 Å². The molecule has 1 fully saturated rings. The van der Waals surface area contributed by atoms with Gasteiger partial charge >= 0.3 is 6.01 Å². The molecule has 8 heteroatoms. The fourth-order valence-electron chi connectivity index (χ4n) is 2.58. The zero-order valence-corrected chi connectivity index (χ0v) is 13.5. The molecule has 1 aliphatic rings. The summed E-state index contributed by atoms with van der Waals surface area (Å²) in [6, 6.07) is 7.60. The highest BCUT2D eigenvalue weighted by atomic mass is 32.1. The molecule has 0 aromatic carbocycles. The van der Waals surface area contributed by atoms with E-state index in [0.29, 0.717) is 30.6 Å². The van der Waals surface area contributed by atoms with E-state index in [1.54, 1.807) is 40.8 Å². The number of thiophene rings is 1. The van der Waals surface area contributed by atoms with Crippen molar-refractivity contribution in [3.63, 3.8) is 0 Å². The molecule has 3 aromatic rings. The second-order valence-electron chi connectivity index (χ2n) is 5.36. The number of aromatic nitrogens is 3. The van der Waals surface area contributed by atoms with Crippen LogP contribution in [0.3, 0.4) is 0 Å². The molecular weight excluding hydrogens is 328 g/mol. The Morgan fingerprint density at radius 3 is 3.00 bits per heavy atom. The Morgan fingerprint density at radius 1 is 1.33 bits per heavy atom. The predicted molar refractivity (Wildman–Crippen MR) is 86.8 cm³/mol. The first-order valence-electron chi connectivity index (χ1n) is 7.53. The van der Waals surface area contributed by atoms with Gasteiger partial charge in [0.05, 0.1) is 11.4 Å². The van der Waals surface area contributed by atoms with Crippen molar-refractivity contribution in [2.75, 3.05) is 13.1 Å². The van der Waals surface area contributed by atoms with Crippen LogP contribution < -0.4 is 4.74 Å². The van der Waals surface area contributed by atoms with Crippen LogP contribution in [0.25, 0.3) is 10.6 Å². The van der Waals surface area contributed by atoms with E-state index in [4.69, 9.17) is 9.26 Å². The maximum atomic E-state index is 12.5. The molecule has 24 heavy (non-hydrogen) atoms. The summed E-state index contributed by atoms with van der Waals surface area (Å²) in [5.74, 6) is 0.458. The van der Waals surface area contributed by atoms with Crippen LogP contribution in [0.2, 0.25) is 0 Å². The van der Waals surface area contributed by atoms with Gasteiger partial charge in [-0.2, -0.15) is 0 Å². The van der Waals surface area contributed by atoms with Crippen molar-refractivity contribution in [1.82, 2.24) is 20.0 Å². The van der Waals surface area contributed by atoms with Crippen molar-refractivity contribution < 1.29 is 14.1 Å². The Morgan fingerprint density at radius 2 is 2.21 bits per heavy atom. The summed E-state index contributed by atoms with van der Waals surface area (Å²) >= 11 is 1.54. The SMILES string of the molecule is O=C(c1cc(-c2cccs2)on1)N1CC[C@H](Oc2ncccn2)C1. The molecule has 4 rings (SSSR count). The highest BCUT2D eigenvalue weighted by Gasteiger charge is 2.30. The lowest BCUT2D eigenvalue weighted by Crippen LogP contribution is -2.31. The molecule has 4 heterocycles. The van der Waals surface area contributed by atoms with Crippen LogP contribution in [0.5, 0.6) is 6.01 Å². The molecule has 0 N–H and O–H groups in total. The number of rotatable bonds is 4. The molecule has 0 saturated carbocycles. The second-order valence-corrected chi connectivity index (χ2v) is 6.31. The number of likely N-dealkylation sites (tertiary alicyclic amines) is 1. The zero-order valence-electron chi connectivity index (χ0n) is 12.7. The Balaban J connectivity index is 1.41. The molecule has 0 radical (unpaired) electrons. The fraction of sp³-hybridized carbons (Fsp3) is 0.250. The lowest BCUT2D eigenvalue weighted by atomic mass is 10.3. The smallest absolute Gasteiger partial charge is 0.316 e. The summed E-state index contributed by atoms with van der Waals surface area (Å²) in [6.45, 7) is 1.09. The summed E-state index contributed by atoms with van der Waals surface area (Å²) in [6.07, 6.45) is 3.88. The summed E-state index contributed by atoms with van der Waals surface area (Å²) in [7, 11) is 0. The predicted octanol–water partition coefficient (Wildman–Crippen LogP) is 2.49. The van der Waals surface area contributed by atoms with E-state index in [2.05, 4.69) is 15.1 Å². The Hall–Kier alpha value is -2.74. The minimum absolute atomic E-state index is 0.111. The number of carbonyl (C=O) groups excluding carboxylic acids is 1. The third kappa shape index (κ3) is 3.00. The van der Waals surface area contributed by atoms with Gasteiger partial charge in [0.25, 0.3) is 5.91 Å². The Bertz CT molecular complexity index is 819. The van der Waals surface area contributed by atoms with Crippen LogP contribution in [-0.4, -0.2) is 45.1 Å². The minimum Gasteiger partial charge on any atom is -0.458 e. The third-order valence-corrected chi connectivity index (χ3v) is 4.62. The normalized spacial score (nSPS) is 17.2. The molecule has 3 aromatic heterocycles. The van der Waals surface area contributed by atoms with E-state index in [0.717, 1.165) is 11.3 Å². The van der Waals surface area contributed by atoms with E-state index in [1.807, 2.05) is 17.5 Å². The molecule has 0 aliphatic carbocycles. The monoisotopic (exact) mass is 342 g/mol. The van der Waals surface area contributed by atoms with E-state index in [9.17, 15) is 4.79 Å². The molecule has 0 unspecified atom stereocenters. The fourth-order valence-corrected chi connectivity index (χ4v) is 3.25. The van der Waals surface area contributed by atoms with E-state index >= 15 is 0 Å². The Kier molecular flexibility index (Phi) is 3.96. The van der Waals surface area contributed by atoms with Crippen LogP contribution in [0.4, 0.5) is 0 Å². The van der Waals surface area contributed by atoms with E-state index in [1.165, 1.54) is 0 Å². The van der Waals surface area contributed by atoms with Gasteiger partial charge in [0.2, 0.25) is 0 Å². The second kappa shape index (κ2) is 6.40. The number of amides is 1. The summed E-state index contributed by atoms with van der Waals surface area (Å²) in [5, 5.41) is 5.85. The zero-order chi connectivity index (χ0) is 16.4. The lowest BCUT2D eigenvalue weighted by molar-refractivity contribution is 0.0759. The molecule has 122 valence electrons. The number of ether oxygens (including phenoxy) is 1. The van der Waals surface area contributed by atoms with Crippen LogP contribution in [-0.2, 0) is 0 Å². The molecule has 1 saturated heterocycles. The molecule has 0 bridgehead atoms. The Labute approximate surface area is 141 Å². The molecule has 1 aliphatic heterocycles. The molecule has 0 spiro atoms. The van der Waals surface area contributed by atoms with E-state index < -0.39 is 0 Å². The van der Waals surface area contributed by atoms with Crippen LogP contribution in [0.1, 0.15) is 16.9 Å². The van der Waals surface area contributed by atoms with Gasteiger partial charge in [0, 0.05) is 31.4 Å². The maximum absolute atomic E-state index is 12.5. The van der Waals surface area contributed by atoms with Gasteiger partial charge in [-0.05, 0) is 17.5 Å². The third-order valence-electron chi connectivity index (χ3n) is 3.74. The van der Waals surface area contributed by atoms with Gasteiger partial charge in [-0.3, -0.25) is 4.79 Å². The molecule has 7 nitrogen and oxygen atoms in total. The van der Waals surface area contributed by atoms with Gasteiger partial charge in [-0.15, -0.1) is 11.3 Å². The average Bonchev–Trinajstić information content (AvgIpc) is 3.36. The van der Waals surface area contributed by atoms with Gasteiger partial charge < -0.3 is 14.2 Å². The van der Waals surface area contributed by atoms with Crippen LogP contribution in [0, 0.1) is 0 Å². The quantitative estimate of drug-likeness (QED) is 0.724. The highest BCUT2D eigenvalue weighted by molar-refractivity contribution is 7.13. The van der Waals surface area contributed by atoms with Crippen LogP contribution in [0.15, 0.2) is 46.6 Å². The van der Waals surface area contributed by atoms with Crippen molar-refractivity contribution in [3.8, 4) is 16.6 Å². The van der Waals surface area contributed by atoms with Crippen molar-refractivity contribution in [2.45, 2.75) is 12.5 Å². The molecule has 1 amide bonds. The average molecular weight is 342 g/mol. The first-order valence-corrected chi connectivity index (χ1v) is 8.41. The largest absolute Gasteiger partial charge is 0.458 e. The van der Waals surface area contributed by atoms with Gasteiger partial charge in [-0.25, -0.2) is 9.97 Å². The maximum Gasteiger partial charge on any atom is 0.316 e. The molecule has 1 atom stereocenters. The number of hydrogen-bond donors (Lipinski definition) is 0. The lowest BCUT2D eigenvalue weighted by Gasteiger charge is -2.14. The number of hydrogen-bond acceptors (Lipinski definition) is 7.